The van der Waals surface area contributed by atoms with E-state index in [1.165, 1.54) is 12.2 Å². The molecule has 0 saturated heterocycles. The van der Waals surface area contributed by atoms with E-state index in [1.54, 1.807) is 0 Å². The molecule has 0 radical (unpaired) electrons. The highest BCUT2D eigenvalue weighted by molar-refractivity contribution is 5.98. The van der Waals surface area contributed by atoms with E-state index in [2.05, 4.69) is 0 Å². The average molecular weight is 308 g/mol. The number of rotatable bonds is 4. The predicted molar refractivity (Wildman–Crippen MR) is 89.7 cm³/mol. The maximum Gasteiger partial charge on any atom is 0.192 e. The van der Waals surface area contributed by atoms with Crippen LogP contribution in [-0.4, -0.2) is 17.2 Å². The van der Waals surface area contributed by atoms with E-state index in [0.717, 1.165) is 23.1 Å². The molecule has 2 aromatic carbocycles. The summed E-state index contributed by atoms with van der Waals surface area (Å²) in [5.41, 5.74) is 1.91. The maximum absolute atomic E-state index is 12.5. The van der Waals surface area contributed by atoms with E-state index < -0.39 is 11.9 Å². The lowest BCUT2D eigenvalue weighted by atomic mass is 9.83. The van der Waals surface area contributed by atoms with Gasteiger partial charge in [0, 0.05) is 0 Å². The van der Waals surface area contributed by atoms with Gasteiger partial charge in [-0.05, 0) is 35.3 Å². The summed E-state index contributed by atoms with van der Waals surface area (Å²) in [6.07, 6.45) is 3.09. The minimum Gasteiger partial charge on any atom is -0.365 e. The van der Waals surface area contributed by atoms with E-state index in [4.69, 9.17) is 4.74 Å². The minimum atomic E-state index is -1.09. The molecule has 2 aromatic rings. The monoisotopic (exact) mass is 308 g/mol. The van der Waals surface area contributed by atoms with Crippen LogP contribution in [-0.2, 0) is 15.1 Å². The molecule has 0 amide bonds. The fraction of sp³-hybridized carbons (Fsp3) is 0.250. The fourth-order valence-electron chi connectivity index (χ4n) is 3.06. The third-order valence-corrected chi connectivity index (χ3v) is 4.19. The van der Waals surface area contributed by atoms with Crippen LogP contribution in [0.25, 0.3) is 11.1 Å². The number of ether oxygens (including phenoxy) is 1. The van der Waals surface area contributed by atoms with E-state index in [-0.39, 0.29) is 5.78 Å². The molecule has 3 nitrogen and oxygen atoms in total. The van der Waals surface area contributed by atoms with Crippen LogP contribution in [0.5, 0.6) is 0 Å². The van der Waals surface area contributed by atoms with Crippen molar-refractivity contribution in [2.75, 3.05) is 0 Å². The van der Waals surface area contributed by atoms with Crippen LogP contribution in [0.4, 0.5) is 0 Å². The van der Waals surface area contributed by atoms with Crippen LogP contribution < -0.4 is 0 Å². The van der Waals surface area contributed by atoms with E-state index in [0.29, 0.717) is 6.42 Å². The molecule has 0 spiro atoms. The quantitative estimate of drug-likeness (QED) is 0.934. The standard InChI is InChI=1S/C20H20O3/c1-2-14-20(18(21)12-13-19(22)23-20)17-10-8-16(9-11-17)15-6-4-3-5-7-15/h3-13,19,22H,2,14H2,1H3/t19-,20+/m0/s1. The first-order valence-corrected chi connectivity index (χ1v) is 7.90. The van der Waals surface area contributed by atoms with Crippen molar-refractivity contribution in [3.63, 3.8) is 0 Å². The predicted octanol–water partition coefficient (Wildman–Crippen LogP) is 3.82. The first kappa shape index (κ1) is 15.7. The van der Waals surface area contributed by atoms with Crippen molar-refractivity contribution >= 4 is 5.78 Å². The molecule has 0 bridgehead atoms. The van der Waals surface area contributed by atoms with Crippen LogP contribution in [0, 0.1) is 0 Å². The van der Waals surface area contributed by atoms with Gasteiger partial charge in [-0.3, -0.25) is 4.79 Å². The summed E-state index contributed by atoms with van der Waals surface area (Å²) in [7, 11) is 0. The number of aliphatic hydroxyl groups excluding tert-OH is 1. The third-order valence-electron chi connectivity index (χ3n) is 4.19. The molecule has 3 heteroatoms. The molecule has 1 N–H and O–H groups in total. The number of carbonyl (C=O) groups is 1. The molecule has 1 aliphatic rings. The Hall–Kier alpha value is -2.23. The molecule has 0 fully saturated rings. The van der Waals surface area contributed by atoms with Crippen molar-refractivity contribution in [3.05, 3.63) is 72.3 Å². The van der Waals surface area contributed by atoms with Crippen molar-refractivity contribution in [1.29, 1.82) is 0 Å². The van der Waals surface area contributed by atoms with Crippen LogP contribution in [0.3, 0.4) is 0 Å². The molecule has 2 atom stereocenters. The lowest BCUT2D eigenvalue weighted by molar-refractivity contribution is -0.184. The second-order valence-electron chi connectivity index (χ2n) is 5.75. The van der Waals surface area contributed by atoms with Crippen LogP contribution in [0.2, 0.25) is 0 Å². The summed E-state index contributed by atoms with van der Waals surface area (Å²) < 4.78 is 5.68. The molecule has 3 rings (SSSR count). The summed E-state index contributed by atoms with van der Waals surface area (Å²) in [5, 5.41) is 9.82. The Morgan fingerprint density at radius 1 is 1.04 bits per heavy atom. The van der Waals surface area contributed by atoms with Gasteiger partial charge in [0.25, 0.3) is 0 Å². The zero-order chi connectivity index (χ0) is 16.3. The molecule has 0 aliphatic carbocycles. The second-order valence-corrected chi connectivity index (χ2v) is 5.75. The van der Waals surface area contributed by atoms with Gasteiger partial charge < -0.3 is 9.84 Å². The Morgan fingerprint density at radius 2 is 1.70 bits per heavy atom. The van der Waals surface area contributed by atoms with Gasteiger partial charge in [0.1, 0.15) is 0 Å². The third kappa shape index (κ3) is 2.98. The summed E-state index contributed by atoms with van der Waals surface area (Å²) >= 11 is 0. The molecule has 0 saturated carbocycles. The smallest absolute Gasteiger partial charge is 0.192 e. The van der Waals surface area contributed by atoms with Crippen molar-refractivity contribution in [1.82, 2.24) is 0 Å². The van der Waals surface area contributed by atoms with Gasteiger partial charge in [-0.1, -0.05) is 67.9 Å². The summed E-state index contributed by atoms with van der Waals surface area (Å²) in [6, 6.07) is 17.9. The Kier molecular flexibility index (Phi) is 4.42. The highest BCUT2D eigenvalue weighted by atomic mass is 16.6. The first-order valence-electron chi connectivity index (χ1n) is 7.90. The van der Waals surface area contributed by atoms with Crippen LogP contribution in [0.15, 0.2) is 66.7 Å². The Bertz CT molecular complexity index is 703. The van der Waals surface area contributed by atoms with Gasteiger partial charge in [0.15, 0.2) is 17.7 Å². The van der Waals surface area contributed by atoms with Crippen LogP contribution in [0.1, 0.15) is 25.3 Å². The second kappa shape index (κ2) is 6.49. The lowest BCUT2D eigenvalue weighted by Crippen LogP contribution is -2.43. The Balaban J connectivity index is 1.98. The van der Waals surface area contributed by atoms with E-state index >= 15 is 0 Å². The van der Waals surface area contributed by atoms with Crippen molar-refractivity contribution < 1.29 is 14.6 Å². The fourth-order valence-corrected chi connectivity index (χ4v) is 3.06. The molecule has 1 heterocycles. The van der Waals surface area contributed by atoms with Gasteiger partial charge in [-0.15, -0.1) is 0 Å². The van der Waals surface area contributed by atoms with Crippen molar-refractivity contribution in [2.45, 2.75) is 31.7 Å². The molecule has 23 heavy (non-hydrogen) atoms. The first-order chi connectivity index (χ1) is 11.2. The Morgan fingerprint density at radius 3 is 2.35 bits per heavy atom. The summed E-state index contributed by atoms with van der Waals surface area (Å²) in [6.45, 7) is 2.00. The SMILES string of the molecule is CCC[C@]1(c2ccc(-c3ccccc3)cc2)O[C@H](O)C=CC1=O. The normalized spacial score (nSPS) is 23.9. The Labute approximate surface area is 136 Å². The number of hydrogen-bond acceptors (Lipinski definition) is 3. The van der Waals surface area contributed by atoms with Gasteiger partial charge in [0.05, 0.1) is 0 Å². The zero-order valence-electron chi connectivity index (χ0n) is 13.1. The maximum atomic E-state index is 12.5. The topological polar surface area (TPSA) is 46.5 Å². The molecular formula is C20H20O3. The lowest BCUT2D eigenvalue weighted by Gasteiger charge is -2.35. The number of hydrogen-bond donors (Lipinski definition) is 1. The number of aliphatic hydroxyl groups is 1. The highest BCUT2D eigenvalue weighted by Gasteiger charge is 2.42. The summed E-state index contributed by atoms with van der Waals surface area (Å²) in [4.78, 5) is 12.5. The summed E-state index contributed by atoms with van der Waals surface area (Å²) in [5.74, 6) is -0.114. The largest absolute Gasteiger partial charge is 0.365 e. The molecule has 1 aliphatic heterocycles. The van der Waals surface area contributed by atoms with Gasteiger partial charge >= 0.3 is 0 Å². The zero-order valence-corrected chi connectivity index (χ0v) is 13.1. The molecule has 0 unspecified atom stereocenters. The number of carbonyl (C=O) groups excluding carboxylic acids is 1. The molecular weight excluding hydrogens is 288 g/mol. The van der Waals surface area contributed by atoms with Gasteiger partial charge in [-0.25, -0.2) is 0 Å². The number of benzene rings is 2. The van der Waals surface area contributed by atoms with E-state index in [1.807, 2.05) is 61.5 Å². The number of ketones is 1. The van der Waals surface area contributed by atoms with Crippen molar-refractivity contribution in [3.8, 4) is 11.1 Å². The molecule has 118 valence electrons. The van der Waals surface area contributed by atoms with E-state index in [9.17, 15) is 9.90 Å². The van der Waals surface area contributed by atoms with Crippen molar-refractivity contribution in [2.24, 2.45) is 0 Å². The highest BCUT2D eigenvalue weighted by Crippen LogP contribution is 2.37. The van der Waals surface area contributed by atoms with Crippen LogP contribution >= 0.6 is 0 Å². The minimum absolute atomic E-state index is 0.114. The average Bonchev–Trinajstić information content (AvgIpc) is 2.59. The van der Waals surface area contributed by atoms with Gasteiger partial charge in [-0.2, -0.15) is 0 Å². The van der Waals surface area contributed by atoms with Gasteiger partial charge in [0.2, 0.25) is 0 Å². The molecule has 0 aromatic heterocycles.